The van der Waals surface area contributed by atoms with Crippen LogP contribution in [-0.4, -0.2) is 11.2 Å². The van der Waals surface area contributed by atoms with Crippen LogP contribution in [0.1, 0.15) is 33.1 Å². The smallest absolute Gasteiger partial charge is 0.0591 e. The summed E-state index contributed by atoms with van der Waals surface area (Å²) in [6, 6.07) is 0. The fraction of sp³-hybridized carbons (Fsp3) is 1.00. The fourth-order valence-electron chi connectivity index (χ4n) is 1.66. The minimum atomic E-state index is -0.0289. The maximum Gasteiger partial charge on any atom is 0.0591 e. The van der Waals surface area contributed by atoms with Crippen molar-refractivity contribution in [1.29, 1.82) is 0 Å². The van der Waals surface area contributed by atoms with Gasteiger partial charge in [0.15, 0.2) is 0 Å². The van der Waals surface area contributed by atoms with Crippen molar-refractivity contribution in [1.82, 2.24) is 0 Å². The van der Waals surface area contributed by atoms with Gasteiger partial charge in [-0.1, -0.05) is 20.3 Å². The van der Waals surface area contributed by atoms with Gasteiger partial charge in [0.05, 0.1) is 6.10 Å². The molecule has 0 unspecified atom stereocenters. The summed E-state index contributed by atoms with van der Waals surface area (Å²) >= 11 is 0. The van der Waals surface area contributed by atoms with Crippen molar-refractivity contribution < 1.29 is 5.11 Å². The summed E-state index contributed by atoms with van der Waals surface area (Å²) in [5.74, 6) is 1.07. The van der Waals surface area contributed by atoms with Gasteiger partial charge >= 0.3 is 0 Å². The summed E-state index contributed by atoms with van der Waals surface area (Å²) in [5, 5.41) is 9.45. The van der Waals surface area contributed by atoms with Gasteiger partial charge in [0.2, 0.25) is 0 Å². The van der Waals surface area contributed by atoms with Crippen LogP contribution in [0, 0.1) is 11.8 Å². The second kappa shape index (κ2) is 2.70. The standard InChI is InChI=1S/C8H16O/c1-6-4-3-5-7(2)8(6)9/h6-9H,3-5H2,1-2H3/t6-,7+,8+. The normalized spacial score (nSPS) is 45.0. The lowest BCUT2D eigenvalue weighted by atomic mass is 9.81. The quantitative estimate of drug-likeness (QED) is 0.527. The molecule has 1 N–H and O–H groups in total. The molecule has 54 valence electrons. The van der Waals surface area contributed by atoms with Crippen LogP contribution in [0.15, 0.2) is 0 Å². The molecule has 0 heterocycles. The number of aliphatic hydroxyl groups excluding tert-OH is 1. The van der Waals surface area contributed by atoms with E-state index in [9.17, 15) is 5.11 Å². The van der Waals surface area contributed by atoms with E-state index < -0.39 is 0 Å². The Morgan fingerprint density at radius 1 is 1.11 bits per heavy atom. The summed E-state index contributed by atoms with van der Waals surface area (Å²) in [4.78, 5) is 0. The van der Waals surface area contributed by atoms with E-state index in [1.807, 2.05) is 0 Å². The average Bonchev–Trinajstić information content (AvgIpc) is 1.83. The Morgan fingerprint density at radius 3 is 1.89 bits per heavy atom. The van der Waals surface area contributed by atoms with Crippen LogP contribution in [0.4, 0.5) is 0 Å². The molecular formula is C8H16O. The Hall–Kier alpha value is -0.0400. The zero-order valence-electron chi connectivity index (χ0n) is 6.30. The average molecular weight is 128 g/mol. The van der Waals surface area contributed by atoms with Crippen molar-refractivity contribution in [3.8, 4) is 0 Å². The molecule has 0 aliphatic heterocycles. The van der Waals surface area contributed by atoms with E-state index in [1.165, 1.54) is 19.3 Å². The fourth-order valence-corrected chi connectivity index (χ4v) is 1.66. The van der Waals surface area contributed by atoms with E-state index in [0.717, 1.165) is 0 Å². The highest BCUT2D eigenvalue weighted by molar-refractivity contribution is 4.75. The predicted octanol–water partition coefficient (Wildman–Crippen LogP) is 1.80. The molecule has 0 aromatic rings. The molecule has 0 bridgehead atoms. The van der Waals surface area contributed by atoms with Crippen LogP contribution < -0.4 is 0 Å². The van der Waals surface area contributed by atoms with Crippen molar-refractivity contribution in [2.24, 2.45) is 11.8 Å². The van der Waals surface area contributed by atoms with Crippen molar-refractivity contribution in [3.05, 3.63) is 0 Å². The summed E-state index contributed by atoms with van der Waals surface area (Å²) in [6.45, 7) is 4.28. The van der Waals surface area contributed by atoms with Crippen LogP contribution >= 0.6 is 0 Å². The molecule has 0 aromatic heterocycles. The largest absolute Gasteiger partial charge is 0.393 e. The van der Waals surface area contributed by atoms with Crippen molar-refractivity contribution in [2.45, 2.75) is 39.2 Å². The third kappa shape index (κ3) is 1.45. The van der Waals surface area contributed by atoms with Gasteiger partial charge in [-0.2, -0.15) is 0 Å². The van der Waals surface area contributed by atoms with Gasteiger partial charge in [0.1, 0.15) is 0 Å². The van der Waals surface area contributed by atoms with E-state index in [-0.39, 0.29) is 6.10 Å². The second-order valence-electron chi connectivity index (χ2n) is 3.38. The Morgan fingerprint density at radius 2 is 1.56 bits per heavy atom. The number of rotatable bonds is 0. The first-order valence-electron chi connectivity index (χ1n) is 3.90. The highest BCUT2D eigenvalue weighted by atomic mass is 16.3. The van der Waals surface area contributed by atoms with Gasteiger partial charge in [-0.3, -0.25) is 0 Å². The monoisotopic (exact) mass is 128 g/mol. The van der Waals surface area contributed by atoms with E-state index in [1.54, 1.807) is 0 Å². The summed E-state index contributed by atoms with van der Waals surface area (Å²) in [6.07, 6.45) is 3.70. The lowest BCUT2D eigenvalue weighted by Crippen LogP contribution is -2.29. The lowest BCUT2D eigenvalue weighted by Gasteiger charge is -2.29. The zero-order valence-corrected chi connectivity index (χ0v) is 6.30. The predicted molar refractivity (Wildman–Crippen MR) is 38.2 cm³/mol. The van der Waals surface area contributed by atoms with Crippen molar-refractivity contribution in [3.63, 3.8) is 0 Å². The molecule has 1 nitrogen and oxygen atoms in total. The molecule has 1 fully saturated rings. The van der Waals surface area contributed by atoms with Gasteiger partial charge < -0.3 is 5.11 Å². The van der Waals surface area contributed by atoms with Gasteiger partial charge in [0, 0.05) is 0 Å². The summed E-state index contributed by atoms with van der Waals surface area (Å²) in [7, 11) is 0. The van der Waals surface area contributed by atoms with Crippen LogP contribution in [0.5, 0.6) is 0 Å². The molecule has 9 heavy (non-hydrogen) atoms. The maximum atomic E-state index is 9.45. The molecule has 0 amide bonds. The minimum Gasteiger partial charge on any atom is -0.393 e. The first-order valence-corrected chi connectivity index (χ1v) is 3.90. The molecule has 0 radical (unpaired) electrons. The topological polar surface area (TPSA) is 20.2 Å². The number of hydrogen-bond donors (Lipinski definition) is 1. The van der Waals surface area contributed by atoms with Crippen molar-refractivity contribution in [2.75, 3.05) is 0 Å². The third-order valence-electron chi connectivity index (χ3n) is 2.48. The van der Waals surface area contributed by atoms with Crippen LogP contribution in [0.3, 0.4) is 0 Å². The number of aliphatic hydroxyl groups is 1. The SMILES string of the molecule is C[C@@H]1CCC[C@H](C)[C@H]1O. The molecule has 1 rings (SSSR count). The number of hydrogen-bond acceptors (Lipinski definition) is 1. The van der Waals surface area contributed by atoms with Gasteiger partial charge in [-0.05, 0) is 24.7 Å². The van der Waals surface area contributed by atoms with Gasteiger partial charge in [-0.15, -0.1) is 0 Å². The van der Waals surface area contributed by atoms with E-state index in [0.29, 0.717) is 11.8 Å². The molecule has 3 atom stereocenters. The summed E-state index contributed by atoms with van der Waals surface area (Å²) in [5.41, 5.74) is 0. The molecule has 1 aliphatic rings. The van der Waals surface area contributed by atoms with E-state index >= 15 is 0 Å². The van der Waals surface area contributed by atoms with Crippen LogP contribution in [0.25, 0.3) is 0 Å². The maximum absolute atomic E-state index is 9.45. The highest BCUT2D eigenvalue weighted by Crippen LogP contribution is 2.28. The molecule has 1 heteroatoms. The Kier molecular flexibility index (Phi) is 2.12. The Bertz CT molecular complexity index is 80.6. The van der Waals surface area contributed by atoms with Crippen LogP contribution in [-0.2, 0) is 0 Å². The molecule has 0 aromatic carbocycles. The Balaban J connectivity index is 2.41. The van der Waals surface area contributed by atoms with Gasteiger partial charge in [-0.25, -0.2) is 0 Å². The zero-order chi connectivity index (χ0) is 6.85. The van der Waals surface area contributed by atoms with Gasteiger partial charge in [0.25, 0.3) is 0 Å². The Labute approximate surface area is 57.1 Å². The minimum absolute atomic E-state index is 0.0289. The molecule has 1 saturated carbocycles. The molecular weight excluding hydrogens is 112 g/mol. The molecule has 0 saturated heterocycles. The first-order chi connectivity index (χ1) is 4.22. The van der Waals surface area contributed by atoms with E-state index in [4.69, 9.17) is 0 Å². The summed E-state index contributed by atoms with van der Waals surface area (Å²) < 4.78 is 0. The lowest BCUT2D eigenvalue weighted by molar-refractivity contribution is 0.0334. The van der Waals surface area contributed by atoms with E-state index in [2.05, 4.69) is 13.8 Å². The molecule has 1 aliphatic carbocycles. The highest BCUT2D eigenvalue weighted by Gasteiger charge is 2.24. The van der Waals surface area contributed by atoms with Crippen LogP contribution in [0.2, 0.25) is 0 Å². The second-order valence-corrected chi connectivity index (χ2v) is 3.38. The first kappa shape index (κ1) is 7.07. The van der Waals surface area contributed by atoms with Crippen molar-refractivity contribution >= 4 is 0 Å². The third-order valence-corrected chi connectivity index (χ3v) is 2.48. The molecule has 0 spiro atoms.